The van der Waals surface area contributed by atoms with Gasteiger partial charge < -0.3 is 20.3 Å². The smallest absolute Gasteiger partial charge is 0.165 e. The fourth-order valence-electron chi connectivity index (χ4n) is 1.35. The molecular weight excluding hydrogens is 225 g/mol. The molecule has 0 spiro atoms. The number of aliphatic hydroxyl groups is 2. The lowest BCUT2D eigenvalue weighted by atomic mass is 10.3. The highest BCUT2D eigenvalue weighted by atomic mass is 19.1. The summed E-state index contributed by atoms with van der Waals surface area (Å²) in [6.45, 7) is 2.66. The number of nitrogens with two attached hydrogens (primary N) is 1. The van der Waals surface area contributed by atoms with Crippen LogP contribution >= 0.6 is 0 Å². The van der Waals surface area contributed by atoms with Crippen molar-refractivity contribution in [2.24, 2.45) is 0 Å². The second kappa shape index (κ2) is 7.21. The topological polar surface area (TPSA) is 66.3 Å². The fraction of sp³-hybridized carbons (Fsp3) is 0.500. The van der Waals surface area contributed by atoms with Gasteiger partial charge in [-0.05, 0) is 19.1 Å². The van der Waals surface area contributed by atoms with E-state index < -0.39 is 18.0 Å². The Bertz CT molecular complexity index is 333. The summed E-state index contributed by atoms with van der Waals surface area (Å²) in [4.78, 5) is 0. The Balaban J connectivity index is 2.24. The summed E-state index contributed by atoms with van der Waals surface area (Å²) in [5.41, 5.74) is 0. The summed E-state index contributed by atoms with van der Waals surface area (Å²) < 4.78 is 18.3. The van der Waals surface area contributed by atoms with Crippen molar-refractivity contribution in [3.8, 4) is 5.75 Å². The summed E-state index contributed by atoms with van der Waals surface area (Å²) in [5, 5.41) is 20.4. The summed E-state index contributed by atoms with van der Waals surface area (Å²) in [5.74, 6) is -0.297. The van der Waals surface area contributed by atoms with Gasteiger partial charge in [0.25, 0.3) is 0 Å². The van der Waals surface area contributed by atoms with Gasteiger partial charge in [-0.3, -0.25) is 0 Å². The molecule has 0 aliphatic rings. The molecule has 0 amide bonds. The van der Waals surface area contributed by atoms with Gasteiger partial charge in [0.05, 0.1) is 6.10 Å². The van der Waals surface area contributed by atoms with Gasteiger partial charge in [-0.25, -0.2) is 4.39 Å². The van der Waals surface area contributed by atoms with Crippen molar-refractivity contribution < 1.29 is 24.7 Å². The predicted octanol–water partition coefficient (Wildman–Crippen LogP) is -0.490. The zero-order valence-electron chi connectivity index (χ0n) is 9.84. The van der Waals surface area contributed by atoms with Crippen LogP contribution in [0.25, 0.3) is 0 Å². The van der Waals surface area contributed by atoms with Crippen LogP contribution in [-0.2, 0) is 0 Å². The number of hydrogen-bond acceptors (Lipinski definition) is 3. The Morgan fingerprint density at radius 3 is 2.65 bits per heavy atom. The molecule has 0 unspecified atom stereocenters. The van der Waals surface area contributed by atoms with Crippen molar-refractivity contribution in [1.82, 2.24) is 0 Å². The number of ether oxygens (including phenoxy) is 1. The van der Waals surface area contributed by atoms with Crippen LogP contribution < -0.4 is 10.1 Å². The number of benzene rings is 1. The molecule has 0 heterocycles. The lowest BCUT2D eigenvalue weighted by Crippen LogP contribution is -2.88. The zero-order chi connectivity index (χ0) is 12.7. The molecule has 0 aliphatic carbocycles. The predicted molar refractivity (Wildman–Crippen MR) is 61.2 cm³/mol. The normalized spacial score (nSPS) is 14.4. The van der Waals surface area contributed by atoms with Crippen LogP contribution in [0.15, 0.2) is 24.3 Å². The Kier molecular flexibility index (Phi) is 5.90. The summed E-state index contributed by atoms with van der Waals surface area (Å²) in [7, 11) is 0. The molecule has 0 saturated heterocycles. The molecular formula is C12H19FNO3+. The standard InChI is InChI=1S/C12H18FNO3/c1-9(15)6-14-7-10(16)8-17-12-5-3-2-4-11(12)13/h2-5,9-10,14-16H,6-8H2,1H3/p+1/t9-,10-/m0/s1. The second-order valence-electron chi connectivity index (χ2n) is 4.00. The number of rotatable bonds is 7. The largest absolute Gasteiger partial charge is 0.488 e. The van der Waals surface area contributed by atoms with E-state index in [2.05, 4.69) is 0 Å². The van der Waals surface area contributed by atoms with Gasteiger partial charge in [-0.1, -0.05) is 12.1 Å². The van der Waals surface area contributed by atoms with Crippen molar-refractivity contribution in [3.63, 3.8) is 0 Å². The first-order valence-corrected chi connectivity index (χ1v) is 5.64. The SMILES string of the molecule is C[C@H](O)C[NH2+]C[C@H](O)COc1ccccc1F. The molecule has 4 N–H and O–H groups in total. The Labute approximate surface area is 100 Å². The zero-order valence-corrected chi connectivity index (χ0v) is 9.84. The minimum atomic E-state index is -0.687. The van der Waals surface area contributed by atoms with Crippen molar-refractivity contribution in [1.29, 1.82) is 0 Å². The molecule has 0 radical (unpaired) electrons. The van der Waals surface area contributed by atoms with E-state index in [9.17, 15) is 9.50 Å². The first-order chi connectivity index (χ1) is 8.09. The molecule has 96 valence electrons. The highest BCUT2D eigenvalue weighted by Crippen LogP contribution is 2.15. The molecule has 1 aromatic carbocycles. The van der Waals surface area contributed by atoms with Gasteiger partial charge in [-0.15, -0.1) is 0 Å². The van der Waals surface area contributed by atoms with E-state index in [4.69, 9.17) is 9.84 Å². The van der Waals surface area contributed by atoms with Gasteiger partial charge in [-0.2, -0.15) is 0 Å². The number of quaternary nitrogens is 1. The van der Waals surface area contributed by atoms with Crippen LogP contribution in [0.1, 0.15) is 6.92 Å². The molecule has 2 atom stereocenters. The first kappa shape index (κ1) is 13.9. The van der Waals surface area contributed by atoms with Crippen LogP contribution in [0.3, 0.4) is 0 Å². The van der Waals surface area contributed by atoms with Crippen LogP contribution in [0, 0.1) is 5.82 Å². The second-order valence-corrected chi connectivity index (χ2v) is 4.00. The maximum absolute atomic E-state index is 13.2. The van der Waals surface area contributed by atoms with Gasteiger partial charge in [0.2, 0.25) is 0 Å². The third-order valence-electron chi connectivity index (χ3n) is 2.21. The molecule has 1 aromatic rings. The lowest BCUT2D eigenvalue weighted by molar-refractivity contribution is -0.666. The van der Waals surface area contributed by atoms with Crippen LogP contribution in [0.4, 0.5) is 4.39 Å². The minimum absolute atomic E-state index is 0.0389. The van der Waals surface area contributed by atoms with Crippen molar-refractivity contribution in [2.75, 3.05) is 19.7 Å². The summed E-state index contributed by atoms with van der Waals surface area (Å²) in [6.07, 6.45) is -1.09. The van der Waals surface area contributed by atoms with Gasteiger partial charge in [0.1, 0.15) is 25.8 Å². The molecule has 5 heteroatoms. The van der Waals surface area contributed by atoms with E-state index in [0.29, 0.717) is 13.1 Å². The maximum atomic E-state index is 13.2. The van der Waals surface area contributed by atoms with E-state index in [-0.39, 0.29) is 12.4 Å². The monoisotopic (exact) mass is 244 g/mol. The number of aliphatic hydroxyl groups excluding tert-OH is 2. The Hall–Kier alpha value is -1.17. The summed E-state index contributed by atoms with van der Waals surface area (Å²) in [6, 6.07) is 6.07. The van der Waals surface area contributed by atoms with E-state index in [1.165, 1.54) is 12.1 Å². The van der Waals surface area contributed by atoms with Crippen LogP contribution in [0.5, 0.6) is 5.75 Å². The third-order valence-corrected chi connectivity index (χ3v) is 2.21. The summed E-state index contributed by atoms with van der Waals surface area (Å²) >= 11 is 0. The number of halogens is 1. The number of hydrogen-bond donors (Lipinski definition) is 3. The third kappa shape index (κ3) is 5.63. The van der Waals surface area contributed by atoms with Gasteiger partial charge in [0.15, 0.2) is 11.6 Å². The van der Waals surface area contributed by atoms with E-state index >= 15 is 0 Å². The average Bonchev–Trinajstić information content (AvgIpc) is 2.27. The molecule has 0 aliphatic heterocycles. The van der Waals surface area contributed by atoms with E-state index in [1.54, 1.807) is 24.4 Å². The minimum Gasteiger partial charge on any atom is -0.488 e. The van der Waals surface area contributed by atoms with Crippen molar-refractivity contribution in [3.05, 3.63) is 30.1 Å². The lowest BCUT2D eigenvalue weighted by Gasteiger charge is -2.12. The maximum Gasteiger partial charge on any atom is 0.165 e. The highest BCUT2D eigenvalue weighted by molar-refractivity contribution is 5.23. The van der Waals surface area contributed by atoms with Gasteiger partial charge in [0, 0.05) is 0 Å². The molecule has 4 nitrogen and oxygen atoms in total. The van der Waals surface area contributed by atoms with Crippen molar-refractivity contribution in [2.45, 2.75) is 19.1 Å². The van der Waals surface area contributed by atoms with E-state index in [0.717, 1.165) is 0 Å². The first-order valence-electron chi connectivity index (χ1n) is 5.64. The molecule has 0 saturated carbocycles. The molecule has 0 bridgehead atoms. The molecule has 1 rings (SSSR count). The van der Waals surface area contributed by atoms with Crippen molar-refractivity contribution >= 4 is 0 Å². The van der Waals surface area contributed by atoms with E-state index in [1.807, 2.05) is 0 Å². The molecule has 0 fully saturated rings. The average molecular weight is 244 g/mol. The highest BCUT2D eigenvalue weighted by Gasteiger charge is 2.10. The van der Waals surface area contributed by atoms with Crippen LogP contribution in [0.2, 0.25) is 0 Å². The van der Waals surface area contributed by atoms with Gasteiger partial charge >= 0.3 is 0 Å². The quantitative estimate of drug-likeness (QED) is 0.606. The Morgan fingerprint density at radius 2 is 2.00 bits per heavy atom. The Morgan fingerprint density at radius 1 is 1.29 bits per heavy atom. The van der Waals surface area contributed by atoms with Crippen LogP contribution in [-0.4, -0.2) is 42.1 Å². The number of para-hydroxylation sites is 1. The fourth-order valence-corrected chi connectivity index (χ4v) is 1.35. The molecule has 0 aromatic heterocycles. The molecule has 17 heavy (non-hydrogen) atoms.